The molecule has 3 heterocycles. The fraction of sp³-hybridized carbons (Fsp3) is 0.273. The van der Waals surface area contributed by atoms with Crippen molar-refractivity contribution in [3.05, 3.63) is 72.9 Å². The molecule has 2 saturated heterocycles. The number of anilines is 1. The molecule has 1 aromatic heterocycles. The fourth-order valence-electron chi connectivity index (χ4n) is 4.62. The van der Waals surface area contributed by atoms with E-state index in [-0.39, 0.29) is 11.5 Å². The molecule has 2 aromatic carbocycles. The molecule has 0 radical (unpaired) electrons. The molecular weight excluding hydrogens is 489 g/mol. The molecule has 0 spiro atoms. The van der Waals surface area contributed by atoms with E-state index in [0.29, 0.717) is 46.1 Å². The minimum absolute atomic E-state index is 0.0836. The monoisotopic (exact) mass is 505 g/mol. The predicted molar refractivity (Wildman–Crippen MR) is 124 cm³/mol. The number of benzene rings is 2. The first-order valence-corrected chi connectivity index (χ1v) is 11.3. The van der Waals surface area contributed by atoms with Gasteiger partial charge in [-0.05, 0) is 36.4 Å². The molecule has 8 heteroatoms. The van der Waals surface area contributed by atoms with Crippen LogP contribution in [0.15, 0.2) is 51.7 Å². The van der Waals surface area contributed by atoms with Gasteiger partial charge < -0.3 is 14.8 Å². The highest BCUT2D eigenvalue weighted by molar-refractivity contribution is 9.10. The van der Waals surface area contributed by atoms with Gasteiger partial charge in [-0.25, -0.2) is 0 Å². The van der Waals surface area contributed by atoms with Crippen LogP contribution in [0.5, 0.6) is 0 Å². The molecule has 0 bridgehead atoms. The van der Waals surface area contributed by atoms with Crippen molar-refractivity contribution in [2.24, 2.45) is 11.8 Å². The summed E-state index contributed by atoms with van der Waals surface area (Å²) in [5.74, 6) is 0.700. The van der Waals surface area contributed by atoms with E-state index in [2.05, 4.69) is 25.8 Å². The number of likely N-dealkylation sites (tertiary alicyclic amines) is 1. The van der Waals surface area contributed by atoms with Crippen LogP contribution in [0.1, 0.15) is 10.4 Å². The van der Waals surface area contributed by atoms with Crippen molar-refractivity contribution >= 4 is 61.6 Å². The number of pyridine rings is 1. The number of aromatic nitrogens is 1. The van der Waals surface area contributed by atoms with Gasteiger partial charge >= 0.3 is 0 Å². The number of amides is 1. The van der Waals surface area contributed by atoms with Crippen LogP contribution < -0.4 is 10.5 Å². The van der Waals surface area contributed by atoms with E-state index in [0.717, 1.165) is 28.6 Å². The second-order valence-electron chi connectivity index (χ2n) is 7.97. The van der Waals surface area contributed by atoms with Crippen LogP contribution in [-0.2, 0) is 0 Å². The lowest BCUT2D eigenvalue weighted by atomic mass is 10.0. The lowest BCUT2D eigenvalue weighted by molar-refractivity contribution is 0.0784. The van der Waals surface area contributed by atoms with Crippen molar-refractivity contribution in [2.75, 3.05) is 31.1 Å². The van der Waals surface area contributed by atoms with Crippen molar-refractivity contribution in [3.63, 3.8) is 0 Å². The number of nitrogens with one attached hydrogen (secondary N) is 1. The van der Waals surface area contributed by atoms with Crippen LogP contribution in [-0.4, -0.2) is 42.0 Å². The Morgan fingerprint density at radius 3 is 2.40 bits per heavy atom. The molecule has 5 nitrogen and oxygen atoms in total. The van der Waals surface area contributed by atoms with Gasteiger partial charge in [0.05, 0.1) is 15.6 Å². The standard InChI is InChI=1S/C22H18BrCl2N3O2/c23-14-1-4-20-16(5-14)17(7-21(29)26-20)22(30)28-10-12-8-27(9-13(12)11-28)15-2-3-18(24)19(25)6-15/h1-7,12-13H,8-11H2,(H,26,29). The number of hydrogen-bond donors (Lipinski definition) is 1. The summed E-state index contributed by atoms with van der Waals surface area (Å²) in [5, 5.41) is 1.85. The van der Waals surface area contributed by atoms with Gasteiger partial charge in [0.15, 0.2) is 0 Å². The van der Waals surface area contributed by atoms with E-state index < -0.39 is 0 Å². The van der Waals surface area contributed by atoms with E-state index in [4.69, 9.17) is 23.2 Å². The number of fused-ring (bicyclic) bond motifs is 2. The SMILES string of the molecule is O=C(c1cc(=O)[nH]c2ccc(Br)cc12)N1CC2CN(c3ccc(Cl)c(Cl)c3)CC2C1. The molecule has 2 unspecified atom stereocenters. The van der Waals surface area contributed by atoms with Gasteiger partial charge in [-0.3, -0.25) is 9.59 Å². The van der Waals surface area contributed by atoms with Crippen molar-refractivity contribution in [1.82, 2.24) is 9.88 Å². The van der Waals surface area contributed by atoms with Gasteiger partial charge in [0.25, 0.3) is 5.91 Å². The first-order valence-electron chi connectivity index (χ1n) is 9.71. The number of H-pyrrole nitrogens is 1. The van der Waals surface area contributed by atoms with Crippen LogP contribution in [0.25, 0.3) is 10.9 Å². The zero-order chi connectivity index (χ0) is 21.0. The number of aromatic amines is 1. The maximum atomic E-state index is 13.3. The van der Waals surface area contributed by atoms with Gasteiger partial charge in [-0.2, -0.15) is 0 Å². The highest BCUT2D eigenvalue weighted by Crippen LogP contribution is 2.36. The van der Waals surface area contributed by atoms with Crippen LogP contribution in [0, 0.1) is 11.8 Å². The molecule has 2 fully saturated rings. The largest absolute Gasteiger partial charge is 0.371 e. The lowest BCUT2D eigenvalue weighted by Gasteiger charge is -2.24. The van der Waals surface area contributed by atoms with E-state index >= 15 is 0 Å². The average molecular weight is 507 g/mol. The van der Waals surface area contributed by atoms with Crippen molar-refractivity contribution in [1.29, 1.82) is 0 Å². The Kier molecular flexibility index (Phi) is 5.04. The molecule has 2 atom stereocenters. The fourth-order valence-corrected chi connectivity index (χ4v) is 5.28. The highest BCUT2D eigenvalue weighted by Gasteiger charge is 2.42. The number of hydrogen-bond acceptors (Lipinski definition) is 3. The van der Waals surface area contributed by atoms with Crippen LogP contribution in [0.3, 0.4) is 0 Å². The number of nitrogens with zero attached hydrogens (tertiary/aromatic N) is 2. The van der Waals surface area contributed by atoms with E-state index in [1.807, 2.05) is 41.3 Å². The Balaban J connectivity index is 1.36. The summed E-state index contributed by atoms with van der Waals surface area (Å²) in [5.41, 5.74) is 1.91. The zero-order valence-corrected chi connectivity index (χ0v) is 19.0. The summed E-state index contributed by atoms with van der Waals surface area (Å²) in [4.78, 5) is 32.4. The van der Waals surface area contributed by atoms with Crippen LogP contribution >= 0.6 is 39.1 Å². The molecule has 30 heavy (non-hydrogen) atoms. The molecule has 154 valence electrons. The Labute approximate surface area is 191 Å². The molecule has 2 aliphatic heterocycles. The Morgan fingerprint density at radius 1 is 0.967 bits per heavy atom. The summed E-state index contributed by atoms with van der Waals surface area (Å²) >= 11 is 15.7. The number of rotatable bonds is 2. The first kappa shape index (κ1) is 19.9. The zero-order valence-electron chi connectivity index (χ0n) is 15.9. The molecule has 0 aliphatic carbocycles. The molecular formula is C22H18BrCl2N3O2. The van der Waals surface area contributed by atoms with Gasteiger partial charge in [-0.15, -0.1) is 0 Å². The smallest absolute Gasteiger partial charge is 0.254 e. The summed E-state index contributed by atoms with van der Waals surface area (Å²) in [7, 11) is 0. The number of carbonyl (C=O) groups excluding carboxylic acids is 1. The third kappa shape index (κ3) is 3.51. The quantitative estimate of drug-likeness (QED) is 0.542. The van der Waals surface area contributed by atoms with Gasteiger partial charge in [0.2, 0.25) is 5.56 Å². The first-order chi connectivity index (χ1) is 14.4. The summed E-state index contributed by atoms with van der Waals surface area (Å²) in [6, 6.07) is 12.6. The number of carbonyl (C=O) groups is 1. The molecule has 3 aromatic rings. The van der Waals surface area contributed by atoms with Crippen LogP contribution in [0.2, 0.25) is 10.0 Å². The third-order valence-corrected chi connectivity index (χ3v) is 7.31. The molecule has 0 saturated carbocycles. The predicted octanol–water partition coefficient (Wildman–Crippen LogP) is 4.81. The highest BCUT2D eigenvalue weighted by atomic mass is 79.9. The molecule has 1 amide bonds. The minimum Gasteiger partial charge on any atom is -0.371 e. The Hall–Kier alpha value is -2.02. The average Bonchev–Trinajstić information content (AvgIpc) is 3.28. The van der Waals surface area contributed by atoms with Gasteiger partial charge in [-0.1, -0.05) is 39.1 Å². The van der Waals surface area contributed by atoms with Crippen molar-refractivity contribution in [3.8, 4) is 0 Å². The van der Waals surface area contributed by atoms with Crippen molar-refractivity contribution in [2.45, 2.75) is 0 Å². The summed E-state index contributed by atoms with van der Waals surface area (Å²) < 4.78 is 0.867. The summed E-state index contributed by atoms with van der Waals surface area (Å²) in [6.07, 6.45) is 0. The number of halogens is 3. The second-order valence-corrected chi connectivity index (χ2v) is 9.70. The van der Waals surface area contributed by atoms with E-state index in [1.165, 1.54) is 6.07 Å². The van der Waals surface area contributed by atoms with E-state index in [1.54, 1.807) is 0 Å². The summed E-state index contributed by atoms with van der Waals surface area (Å²) in [6.45, 7) is 3.11. The molecule has 5 rings (SSSR count). The third-order valence-electron chi connectivity index (χ3n) is 6.08. The maximum absolute atomic E-state index is 13.3. The maximum Gasteiger partial charge on any atom is 0.254 e. The van der Waals surface area contributed by atoms with Gasteiger partial charge in [0, 0.05) is 65.1 Å². The molecule has 2 aliphatic rings. The second kappa shape index (κ2) is 7.59. The lowest BCUT2D eigenvalue weighted by Crippen LogP contribution is -2.34. The van der Waals surface area contributed by atoms with E-state index in [9.17, 15) is 9.59 Å². The minimum atomic E-state index is -0.265. The van der Waals surface area contributed by atoms with Crippen LogP contribution in [0.4, 0.5) is 5.69 Å². The van der Waals surface area contributed by atoms with Gasteiger partial charge in [0.1, 0.15) is 0 Å². The topological polar surface area (TPSA) is 56.4 Å². The van der Waals surface area contributed by atoms with Crippen molar-refractivity contribution < 1.29 is 4.79 Å². The Bertz CT molecular complexity index is 1210. The Morgan fingerprint density at radius 2 is 1.70 bits per heavy atom. The molecule has 1 N–H and O–H groups in total. The normalized spacial score (nSPS) is 20.8.